The molecule has 0 saturated carbocycles. The van der Waals surface area contributed by atoms with E-state index >= 15 is 0 Å². The van der Waals surface area contributed by atoms with E-state index in [1.54, 1.807) is 0 Å². The van der Waals surface area contributed by atoms with Crippen molar-refractivity contribution in [3.63, 3.8) is 0 Å². The van der Waals surface area contributed by atoms with E-state index in [4.69, 9.17) is 9.47 Å². The zero-order valence-electron chi connectivity index (χ0n) is 7.92. The van der Waals surface area contributed by atoms with Crippen LogP contribution in [0.1, 0.15) is 20.8 Å². The van der Waals surface area contributed by atoms with E-state index in [-0.39, 0.29) is 10.5 Å². The van der Waals surface area contributed by atoms with E-state index in [1.807, 2.05) is 11.8 Å². The van der Waals surface area contributed by atoms with E-state index in [0.29, 0.717) is 5.92 Å². The Bertz CT molecular complexity index is 164. The van der Waals surface area contributed by atoms with Gasteiger partial charge in [0.2, 0.25) is 5.12 Å². The number of rotatable bonds is 0. The Morgan fingerprint density at radius 2 is 1.83 bits per heavy atom. The highest BCUT2D eigenvalue weighted by Crippen LogP contribution is 2.50. The lowest BCUT2D eigenvalue weighted by molar-refractivity contribution is -0.273. The number of thioether (sulfide) groups is 1. The highest BCUT2D eigenvalue weighted by molar-refractivity contribution is 8.00. The second-order valence-corrected chi connectivity index (χ2v) is 5.76. The van der Waals surface area contributed by atoms with Gasteiger partial charge < -0.3 is 9.47 Å². The van der Waals surface area contributed by atoms with Gasteiger partial charge >= 0.3 is 0 Å². The van der Waals surface area contributed by atoms with E-state index in [0.717, 1.165) is 13.2 Å². The van der Waals surface area contributed by atoms with E-state index in [9.17, 15) is 0 Å². The molecule has 3 aliphatic rings. The maximum Gasteiger partial charge on any atom is 0.223 e. The second kappa shape index (κ2) is 2.63. The number of fused-ring (bicyclic) bond motifs is 3. The Morgan fingerprint density at radius 3 is 2.08 bits per heavy atom. The topological polar surface area (TPSA) is 18.5 Å². The summed E-state index contributed by atoms with van der Waals surface area (Å²) in [6.07, 6.45) is 0. The third-order valence-corrected chi connectivity index (χ3v) is 4.31. The molecule has 0 amide bonds. The molecule has 3 rings (SSSR count). The van der Waals surface area contributed by atoms with Gasteiger partial charge in [0.05, 0.1) is 13.2 Å². The lowest BCUT2D eigenvalue weighted by Crippen LogP contribution is -2.55. The molecule has 12 heavy (non-hydrogen) atoms. The summed E-state index contributed by atoms with van der Waals surface area (Å²) in [5.41, 5.74) is 0.0725. The van der Waals surface area contributed by atoms with Crippen LogP contribution in [0.15, 0.2) is 0 Å². The quantitative estimate of drug-likeness (QED) is 0.580. The third kappa shape index (κ3) is 1.19. The molecular weight excluding hydrogens is 172 g/mol. The Labute approximate surface area is 78.0 Å². The molecular formula is C9H16O2S. The minimum atomic E-state index is -0.359. The second-order valence-electron chi connectivity index (χ2n) is 4.61. The van der Waals surface area contributed by atoms with Crippen LogP contribution in [-0.2, 0) is 9.47 Å². The maximum atomic E-state index is 5.77. The minimum Gasteiger partial charge on any atom is -0.340 e. The molecule has 0 atom stereocenters. The van der Waals surface area contributed by atoms with Crippen LogP contribution in [0, 0.1) is 11.3 Å². The van der Waals surface area contributed by atoms with Crippen LogP contribution in [0.2, 0.25) is 0 Å². The van der Waals surface area contributed by atoms with Crippen LogP contribution in [-0.4, -0.2) is 24.1 Å². The Hall–Kier alpha value is 0.270. The number of hydrogen-bond donors (Lipinski definition) is 0. The highest BCUT2D eigenvalue weighted by atomic mass is 32.2. The van der Waals surface area contributed by atoms with Gasteiger partial charge in [0.15, 0.2) is 0 Å². The van der Waals surface area contributed by atoms with E-state index in [1.165, 1.54) is 5.75 Å². The summed E-state index contributed by atoms with van der Waals surface area (Å²) in [6.45, 7) is 8.28. The standard InChI is InChI=1S/C9H16O2S/c1-8(2,3)9-10-4-7(5-11-9)6-12-9/h7H,4-6H2,1-3H3. The summed E-state index contributed by atoms with van der Waals surface area (Å²) in [4.78, 5) is 0. The average molecular weight is 188 g/mol. The Morgan fingerprint density at radius 1 is 1.25 bits per heavy atom. The molecule has 0 spiro atoms. The molecule has 0 N–H and O–H groups in total. The molecule has 0 aliphatic carbocycles. The van der Waals surface area contributed by atoms with Gasteiger partial charge in [0.1, 0.15) is 0 Å². The molecule has 3 saturated heterocycles. The van der Waals surface area contributed by atoms with Gasteiger partial charge in [-0.1, -0.05) is 32.5 Å². The molecule has 0 radical (unpaired) electrons. The zero-order valence-corrected chi connectivity index (χ0v) is 8.74. The van der Waals surface area contributed by atoms with Gasteiger partial charge in [0.25, 0.3) is 0 Å². The van der Waals surface area contributed by atoms with Crippen molar-refractivity contribution in [2.24, 2.45) is 11.3 Å². The third-order valence-electron chi connectivity index (χ3n) is 2.45. The van der Waals surface area contributed by atoms with Crippen molar-refractivity contribution >= 4 is 11.8 Å². The van der Waals surface area contributed by atoms with Gasteiger partial charge in [-0.3, -0.25) is 0 Å². The molecule has 0 aromatic carbocycles. The monoisotopic (exact) mass is 188 g/mol. The van der Waals surface area contributed by atoms with Crippen molar-refractivity contribution in [2.45, 2.75) is 25.9 Å². The molecule has 3 fully saturated rings. The van der Waals surface area contributed by atoms with Crippen molar-refractivity contribution in [3.05, 3.63) is 0 Å². The first-order valence-electron chi connectivity index (χ1n) is 4.45. The van der Waals surface area contributed by atoms with Crippen molar-refractivity contribution in [1.29, 1.82) is 0 Å². The molecule has 0 unspecified atom stereocenters. The molecule has 2 bridgehead atoms. The van der Waals surface area contributed by atoms with Crippen LogP contribution in [0.3, 0.4) is 0 Å². The molecule has 2 nitrogen and oxygen atoms in total. The van der Waals surface area contributed by atoms with E-state index in [2.05, 4.69) is 20.8 Å². The molecule has 70 valence electrons. The average Bonchev–Trinajstić information content (AvgIpc) is 2.06. The van der Waals surface area contributed by atoms with Gasteiger partial charge in [-0.05, 0) is 0 Å². The zero-order chi connectivity index (χ0) is 8.82. The Balaban J connectivity index is 2.19. The molecule has 3 aliphatic heterocycles. The minimum absolute atomic E-state index is 0.0725. The summed E-state index contributed by atoms with van der Waals surface area (Å²) < 4.78 is 11.5. The summed E-state index contributed by atoms with van der Waals surface area (Å²) >= 11 is 1.82. The summed E-state index contributed by atoms with van der Waals surface area (Å²) in [5, 5.41) is -0.359. The molecule has 0 aromatic heterocycles. The normalized spacial score (nSPS) is 41.8. The largest absolute Gasteiger partial charge is 0.340 e. The van der Waals surface area contributed by atoms with Crippen molar-refractivity contribution in [1.82, 2.24) is 0 Å². The van der Waals surface area contributed by atoms with E-state index < -0.39 is 0 Å². The van der Waals surface area contributed by atoms with Crippen LogP contribution in [0.4, 0.5) is 0 Å². The van der Waals surface area contributed by atoms with Crippen LogP contribution in [0.25, 0.3) is 0 Å². The van der Waals surface area contributed by atoms with Crippen molar-refractivity contribution in [3.8, 4) is 0 Å². The smallest absolute Gasteiger partial charge is 0.223 e. The summed E-state index contributed by atoms with van der Waals surface area (Å²) in [7, 11) is 0. The molecule has 3 heteroatoms. The summed E-state index contributed by atoms with van der Waals surface area (Å²) in [5.74, 6) is 1.82. The molecule has 0 aromatic rings. The summed E-state index contributed by atoms with van der Waals surface area (Å²) in [6, 6.07) is 0. The predicted molar refractivity (Wildman–Crippen MR) is 50.0 cm³/mol. The maximum absolute atomic E-state index is 5.77. The molecule has 3 heterocycles. The van der Waals surface area contributed by atoms with Gasteiger partial charge in [-0.25, -0.2) is 0 Å². The fourth-order valence-corrected chi connectivity index (χ4v) is 2.98. The first-order chi connectivity index (χ1) is 5.54. The highest BCUT2D eigenvalue weighted by Gasteiger charge is 2.51. The Kier molecular flexibility index (Phi) is 1.94. The fraction of sp³-hybridized carbons (Fsp3) is 1.00. The van der Waals surface area contributed by atoms with Gasteiger partial charge in [-0.15, -0.1) is 0 Å². The SMILES string of the molecule is CC(C)(C)C12OCC(CO1)CS2. The first-order valence-corrected chi connectivity index (χ1v) is 5.44. The predicted octanol–water partition coefficient (Wildman–Crippen LogP) is 2.10. The first kappa shape index (κ1) is 8.85. The van der Waals surface area contributed by atoms with Gasteiger partial charge in [-0.2, -0.15) is 0 Å². The van der Waals surface area contributed by atoms with Crippen molar-refractivity contribution < 1.29 is 9.47 Å². The fourth-order valence-electron chi connectivity index (χ4n) is 1.60. The van der Waals surface area contributed by atoms with Crippen molar-refractivity contribution in [2.75, 3.05) is 19.0 Å². The lowest BCUT2D eigenvalue weighted by atomic mass is 9.94. The lowest BCUT2D eigenvalue weighted by Gasteiger charge is -2.51. The van der Waals surface area contributed by atoms with Crippen LogP contribution in [0.5, 0.6) is 0 Å². The number of ether oxygens (including phenoxy) is 2. The van der Waals surface area contributed by atoms with Gasteiger partial charge in [0, 0.05) is 17.1 Å². The number of hydrogen-bond acceptors (Lipinski definition) is 3. The van der Waals surface area contributed by atoms with Crippen LogP contribution >= 0.6 is 11.8 Å². The van der Waals surface area contributed by atoms with Crippen LogP contribution < -0.4 is 0 Å².